The van der Waals surface area contributed by atoms with Crippen molar-refractivity contribution in [3.63, 3.8) is 0 Å². The molecule has 1 saturated heterocycles. The van der Waals surface area contributed by atoms with E-state index in [-0.39, 0.29) is 42.3 Å². The molecule has 1 aromatic heterocycles. The zero-order valence-corrected chi connectivity index (χ0v) is 17.3. The number of aromatic nitrogens is 3. The molecule has 1 aliphatic heterocycles. The molecule has 2 aliphatic rings. The molecule has 174 valence electrons. The van der Waals surface area contributed by atoms with Crippen LogP contribution in [0, 0.1) is 17.5 Å². The number of ether oxygens (including phenoxy) is 1. The molecule has 1 saturated carbocycles. The minimum atomic E-state index is -1.56. The fraction of sp³-hybridized carbons (Fsp3) is 0.571. The molecule has 0 bridgehead atoms. The van der Waals surface area contributed by atoms with E-state index in [2.05, 4.69) is 15.6 Å². The summed E-state index contributed by atoms with van der Waals surface area (Å²) in [6.07, 6.45) is 3.10. The van der Waals surface area contributed by atoms with Crippen LogP contribution in [0.1, 0.15) is 44.6 Å². The van der Waals surface area contributed by atoms with Gasteiger partial charge in [0.2, 0.25) is 5.91 Å². The van der Waals surface area contributed by atoms with Crippen LogP contribution in [0.4, 0.5) is 13.2 Å². The molecule has 5 atom stereocenters. The number of nitrogens with zero attached hydrogens (tertiary/aromatic N) is 3. The van der Waals surface area contributed by atoms with Gasteiger partial charge in [0.15, 0.2) is 17.5 Å². The maximum Gasteiger partial charge on any atom is 0.249 e. The molecule has 2 fully saturated rings. The second kappa shape index (κ2) is 9.55. The van der Waals surface area contributed by atoms with E-state index in [1.807, 2.05) is 0 Å². The van der Waals surface area contributed by atoms with Crippen LogP contribution < -0.4 is 5.32 Å². The van der Waals surface area contributed by atoms with Gasteiger partial charge in [0.05, 0.1) is 37.1 Å². The fourth-order valence-electron chi connectivity index (χ4n) is 4.34. The first-order valence-electron chi connectivity index (χ1n) is 10.7. The standard InChI is InChI=1S/C21H25F3N4O4/c22-14-5-11(6-15(23)20(14)24)17-9-28(27-26-17)12-7-13(10-29)32-19(8-12)21(31)25-16-3-1-2-4-18(16)30/h5-6,9,12-13,16,18-19,29-30H,1-4,7-8,10H2,(H,25,31)/t12?,13?,16-,18-,19?/m0/s1. The lowest BCUT2D eigenvalue weighted by Crippen LogP contribution is -2.51. The van der Waals surface area contributed by atoms with Crippen LogP contribution >= 0.6 is 0 Å². The Hall–Kier alpha value is -2.50. The van der Waals surface area contributed by atoms with E-state index in [9.17, 15) is 28.2 Å². The van der Waals surface area contributed by atoms with Crippen molar-refractivity contribution in [1.82, 2.24) is 20.3 Å². The van der Waals surface area contributed by atoms with Gasteiger partial charge < -0.3 is 20.3 Å². The second-order valence-electron chi connectivity index (χ2n) is 8.36. The number of nitrogens with one attached hydrogen (secondary N) is 1. The average molecular weight is 454 g/mol. The van der Waals surface area contributed by atoms with Crippen LogP contribution in [0.5, 0.6) is 0 Å². The highest BCUT2D eigenvalue weighted by molar-refractivity contribution is 5.81. The van der Waals surface area contributed by atoms with Crippen LogP contribution in [-0.4, -0.2) is 62.1 Å². The summed E-state index contributed by atoms with van der Waals surface area (Å²) >= 11 is 0. The second-order valence-corrected chi connectivity index (χ2v) is 8.36. The Bertz CT molecular complexity index is 949. The molecule has 0 radical (unpaired) electrons. The lowest BCUT2D eigenvalue weighted by atomic mass is 9.92. The summed E-state index contributed by atoms with van der Waals surface area (Å²) in [6.45, 7) is -0.303. The van der Waals surface area contributed by atoms with Crippen molar-refractivity contribution < 1.29 is 32.9 Å². The number of aliphatic hydroxyl groups excluding tert-OH is 2. The number of amides is 1. The van der Waals surface area contributed by atoms with Crippen molar-refractivity contribution >= 4 is 5.91 Å². The summed E-state index contributed by atoms with van der Waals surface area (Å²) in [4.78, 5) is 12.8. The van der Waals surface area contributed by atoms with Crippen LogP contribution in [-0.2, 0) is 9.53 Å². The van der Waals surface area contributed by atoms with E-state index in [1.54, 1.807) is 0 Å². The number of carbonyl (C=O) groups excluding carboxylic acids is 1. The lowest BCUT2D eigenvalue weighted by molar-refractivity contribution is -0.149. The Balaban J connectivity index is 1.49. The number of hydrogen-bond donors (Lipinski definition) is 3. The molecule has 8 nitrogen and oxygen atoms in total. The minimum absolute atomic E-state index is 0.0268. The summed E-state index contributed by atoms with van der Waals surface area (Å²) in [5, 5.41) is 30.5. The molecule has 11 heteroatoms. The molecule has 2 heterocycles. The Morgan fingerprint density at radius 3 is 2.59 bits per heavy atom. The fourth-order valence-corrected chi connectivity index (χ4v) is 4.34. The summed E-state index contributed by atoms with van der Waals surface area (Å²) in [7, 11) is 0. The van der Waals surface area contributed by atoms with Gasteiger partial charge in [0.25, 0.3) is 0 Å². The van der Waals surface area contributed by atoms with Gasteiger partial charge in [-0.15, -0.1) is 5.10 Å². The summed E-state index contributed by atoms with van der Waals surface area (Å²) in [6, 6.07) is 0.955. The molecule has 1 amide bonds. The molecule has 3 unspecified atom stereocenters. The third-order valence-electron chi connectivity index (χ3n) is 6.10. The Morgan fingerprint density at radius 1 is 1.19 bits per heavy atom. The molecule has 2 aromatic rings. The van der Waals surface area contributed by atoms with E-state index in [4.69, 9.17) is 4.74 Å². The summed E-state index contributed by atoms with van der Waals surface area (Å²) in [5.41, 5.74) is 0.167. The van der Waals surface area contributed by atoms with Crippen molar-refractivity contribution in [1.29, 1.82) is 0 Å². The van der Waals surface area contributed by atoms with Gasteiger partial charge in [0, 0.05) is 12.0 Å². The smallest absolute Gasteiger partial charge is 0.249 e. The molecule has 1 aromatic carbocycles. The van der Waals surface area contributed by atoms with Gasteiger partial charge in [-0.25, -0.2) is 17.9 Å². The Labute approximate surface area is 182 Å². The monoisotopic (exact) mass is 454 g/mol. The normalized spacial score (nSPS) is 28.5. The number of hydrogen-bond acceptors (Lipinski definition) is 6. The first-order chi connectivity index (χ1) is 15.4. The molecule has 1 aliphatic carbocycles. The first kappa shape index (κ1) is 22.7. The topological polar surface area (TPSA) is 110 Å². The number of benzene rings is 1. The van der Waals surface area contributed by atoms with Gasteiger partial charge >= 0.3 is 0 Å². The lowest BCUT2D eigenvalue weighted by Gasteiger charge is -2.35. The summed E-state index contributed by atoms with van der Waals surface area (Å²) < 4.78 is 47.5. The van der Waals surface area contributed by atoms with E-state index < -0.39 is 35.8 Å². The largest absolute Gasteiger partial charge is 0.394 e. The van der Waals surface area contributed by atoms with Gasteiger partial charge in [-0.05, 0) is 31.4 Å². The first-order valence-corrected chi connectivity index (χ1v) is 10.7. The van der Waals surface area contributed by atoms with Gasteiger partial charge in [0.1, 0.15) is 11.8 Å². The number of rotatable bonds is 5. The number of aliphatic hydroxyl groups is 2. The van der Waals surface area contributed by atoms with Crippen molar-refractivity contribution in [2.75, 3.05) is 6.61 Å². The quantitative estimate of drug-likeness (QED) is 0.595. The van der Waals surface area contributed by atoms with Gasteiger partial charge in [-0.1, -0.05) is 18.1 Å². The maximum absolute atomic E-state index is 13.6. The van der Waals surface area contributed by atoms with E-state index >= 15 is 0 Å². The van der Waals surface area contributed by atoms with E-state index in [1.165, 1.54) is 10.9 Å². The highest BCUT2D eigenvalue weighted by Gasteiger charge is 2.36. The van der Waals surface area contributed by atoms with Crippen LogP contribution in [0.3, 0.4) is 0 Å². The maximum atomic E-state index is 13.6. The van der Waals surface area contributed by atoms with Gasteiger partial charge in [-0.3, -0.25) is 4.79 Å². The zero-order chi connectivity index (χ0) is 22.8. The van der Waals surface area contributed by atoms with Gasteiger partial charge in [-0.2, -0.15) is 0 Å². The predicted molar refractivity (Wildman–Crippen MR) is 106 cm³/mol. The Kier molecular flexibility index (Phi) is 6.77. The van der Waals surface area contributed by atoms with Crippen LogP contribution in [0.15, 0.2) is 18.3 Å². The van der Waals surface area contributed by atoms with Crippen LogP contribution in [0.2, 0.25) is 0 Å². The SMILES string of the molecule is O=C(N[C@H]1CCCC[C@@H]1O)C1CC(n2cc(-c3cc(F)c(F)c(F)c3)nn2)CC(CO)O1. The Morgan fingerprint density at radius 2 is 1.91 bits per heavy atom. The molecule has 3 N–H and O–H groups in total. The highest BCUT2D eigenvalue weighted by atomic mass is 19.2. The molecule has 4 rings (SSSR count). The third-order valence-corrected chi connectivity index (χ3v) is 6.10. The zero-order valence-electron chi connectivity index (χ0n) is 17.3. The van der Waals surface area contributed by atoms with Crippen molar-refractivity contribution in [2.24, 2.45) is 0 Å². The molecular formula is C21H25F3N4O4. The number of carbonyl (C=O) groups is 1. The van der Waals surface area contributed by atoms with Crippen molar-refractivity contribution in [3.05, 3.63) is 35.8 Å². The average Bonchev–Trinajstić information content (AvgIpc) is 3.28. The predicted octanol–water partition coefficient (Wildman–Crippen LogP) is 1.86. The van der Waals surface area contributed by atoms with Crippen LogP contribution in [0.25, 0.3) is 11.3 Å². The molecule has 32 heavy (non-hydrogen) atoms. The molecule has 0 spiro atoms. The van der Waals surface area contributed by atoms with Crippen molar-refractivity contribution in [3.8, 4) is 11.3 Å². The van der Waals surface area contributed by atoms with Crippen molar-refractivity contribution in [2.45, 2.75) is 68.9 Å². The van der Waals surface area contributed by atoms with E-state index in [0.717, 1.165) is 25.0 Å². The third kappa shape index (κ3) is 4.79. The minimum Gasteiger partial charge on any atom is -0.394 e. The number of halogens is 3. The van der Waals surface area contributed by atoms with E-state index in [0.29, 0.717) is 19.3 Å². The highest BCUT2D eigenvalue weighted by Crippen LogP contribution is 2.31. The summed E-state index contributed by atoms with van der Waals surface area (Å²) in [5.74, 6) is -4.60. The molecular weight excluding hydrogens is 429 g/mol.